The molecule has 0 radical (unpaired) electrons. The molecular formula is C20H17CoF4N5O. The fourth-order valence-corrected chi connectivity index (χ4v) is 3.04. The first kappa shape index (κ1) is 22.9. The zero-order valence-electron chi connectivity index (χ0n) is 15.9. The van der Waals surface area contributed by atoms with Crippen molar-refractivity contribution >= 4 is 17.3 Å². The zero-order chi connectivity index (χ0) is 22.3. The van der Waals surface area contributed by atoms with E-state index in [-0.39, 0.29) is 13.2 Å². The van der Waals surface area contributed by atoms with Crippen molar-refractivity contribution in [2.45, 2.75) is 12.3 Å². The number of pyridine rings is 1. The monoisotopic (exact) mass is 478 g/mol. The van der Waals surface area contributed by atoms with Crippen LogP contribution in [0.1, 0.15) is 0 Å². The number of morpholine rings is 1. The van der Waals surface area contributed by atoms with Crippen LogP contribution in [0.5, 0.6) is 0 Å². The van der Waals surface area contributed by atoms with Gasteiger partial charge in [-0.3, -0.25) is 0 Å². The van der Waals surface area contributed by atoms with Gasteiger partial charge in [-0.2, -0.15) is 48.6 Å². The van der Waals surface area contributed by atoms with Crippen LogP contribution in [0.3, 0.4) is 0 Å². The molecule has 1 aromatic carbocycles. The number of hydrogen-bond donors (Lipinski definition) is 1. The van der Waals surface area contributed by atoms with Gasteiger partial charge in [0.25, 0.3) is 0 Å². The van der Waals surface area contributed by atoms with Crippen molar-refractivity contribution in [1.29, 1.82) is 0 Å². The van der Waals surface area contributed by atoms with E-state index in [1.807, 2.05) is 30.3 Å². The molecule has 0 aliphatic carbocycles. The molecule has 11 heteroatoms. The van der Waals surface area contributed by atoms with E-state index in [1.165, 1.54) is 0 Å². The predicted molar refractivity (Wildman–Crippen MR) is 103 cm³/mol. The van der Waals surface area contributed by atoms with Crippen LogP contribution in [0.4, 0.5) is 34.1 Å². The molecule has 0 saturated carbocycles. The van der Waals surface area contributed by atoms with E-state index in [2.05, 4.69) is 42.8 Å². The van der Waals surface area contributed by atoms with Crippen molar-refractivity contribution in [3.63, 3.8) is 0 Å². The minimum absolute atomic E-state index is 0.00839. The van der Waals surface area contributed by atoms with Crippen molar-refractivity contribution in [3.8, 4) is 11.1 Å². The molecule has 1 aliphatic rings. The van der Waals surface area contributed by atoms with Gasteiger partial charge < -0.3 is 15.0 Å². The van der Waals surface area contributed by atoms with Crippen LogP contribution >= 0.6 is 0 Å². The molecule has 31 heavy (non-hydrogen) atoms. The number of alkyl halides is 3. The predicted octanol–water partition coefficient (Wildman–Crippen LogP) is 4.27. The Labute approximate surface area is 184 Å². The minimum atomic E-state index is -4.40. The Kier molecular flexibility index (Phi) is 7.77. The molecule has 6 nitrogen and oxygen atoms in total. The van der Waals surface area contributed by atoms with Gasteiger partial charge in [-0.15, -0.1) is 10.7 Å². The van der Waals surface area contributed by atoms with Gasteiger partial charge in [0.2, 0.25) is 0 Å². The Morgan fingerprint density at radius 2 is 1.90 bits per heavy atom. The summed E-state index contributed by atoms with van der Waals surface area (Å²) >= 11 is 2.06. The van der Waals surface area contributed by atoms with Crippen molar-refractivity contribution < 1.29 is 37.7 Å². The maximum atomic E-state index is 13.0. The Morgan fingerprint density at radius 1 is 1.13 bits per heavy atom. The van der Waals surface area contributed by atoms with E-state index < -0.39 is 12.3 Å². The molecule has 1 atom stereocenters. The van der Waals surface area contributed by atoms with Crippen LogP contribution in [0.2, 0.25) is 0 Å². The third kappa shape index (κ3) is 6.12. The summed E-state index contributed by atoms with van der Waals surface area (Å²) in [6, 6.07) is 15.7. The van der Waals surface area contributed by atoms with Crippen LogP contribution in [-0.4, -0.2) is 47.2 Å². The van der Waals surface area contributed by atoms with E-state index in [1.54, 1.807) is 29.4 Å². The molecule has 2 aromatic heterocycles. The second-order valence-corrected chi connectivity index (χ2v) is 6.49. The summed E-state index contributed by atoms with van der Waals surface area (Å²) in [5.74, 6) is 0.956. The number of hydrogen-bond acceptors (Lipinski definition) is 6. The van der Waals surface area contributed by atoms with Gasteiger partial charge in [0.1, 0.15) is 5.82 Å². The second kappa shape index (κ2) is 10.5. The quantitative estimate of drug-likeness (QED) is 0.447. The molecule has 165 valence electrons. The molecule has 0 amide bonds. The molecule has 1 saturated heterocycles. The summed E-state index contributed by atoms with van der Waals surface area (Å²) in [4.78, 5) is 5.77. The fourth-order valence-electron chi connectivity index (χ4n) is 3.04. The topological polar surface area (TPSA) is 63.2 Å². The number of anilines is 3. The molecule has 0 spiro atoms. The summed E-state index contributed by atoms with van der Waals surface area (Å²) < 4.78 is 53.0. The van der Waals surface area contributed by atoms with Gasteiger partial charge in [0.15, 0.2) is 11.9 Å². The molecule has 1 aliphatic heterocycles. The number of benzene rings is 1. The standard InChI is InChI=1S/C20H17F3N5O.Co.FH/c21-20(22,23)17-13-28(8-9-29-17)19-11-16(6-7-24-19)26-18-10-15(12-25-27-18)14-4-2-1-3-5-14;;/h2-7,10-12,17H,8-9,13H2,(H,24,26,27);;1H/q-1;+2;/p-1. The summed E-state index contributed by atoms with van der Waals surface area (Å²) in [6.07, 6.45) is -3.02. The second-order valence-electron chi connectivity index (χ2n) is 6.49. The summed E-state index contributed by atoms with van der Waals surface area (Å²) in [6.45, 7) is 0.0369. The van der Waals surface area contributed by atoms with E-state index in [0.29, 0.717) is 23.9 Å². The van der Waals surface area contributed by atoms with Gasteiger partial charge in [-0.05, 0) is 17.7 Å². The van der Waals surface area contributed by atoms with Crippen molar-refractivity contribution in [2.24, 2.45) is 0 Å². The molecule has 3 heterocycles. The molecule has 1 N–H and O–H groups in total. The Balaban J connectivity index is 0.00000132. The average Bonchev–Trinajstić information content (AvgIpc) is 2.81. The number of nitrogens with zero attached hydrogens (tertiary/aromatic N) is 4. The number of aromatic nitrogens is 3. The number of halogens is 4. The van der Waals surface area contributed by atoms with Crippen molar-refractivity contribution in [2.75, 3.05) is 29.9 Å². The summed E-state index contributed by atoms with van der Waals surface area (Å²) in [7, 11) is 0. The number of ether oxygens (including phenoxy) is 1. The molecular weight excluding hydrogens is 461 g/mol. The fraction of sp³-hybridized carbons (Fsp3) is 0.250. The maximum absolute atomic E-state index is 13.0. The van der Waals surface area contributed by atoms with Crippen LogP contribution in [0.15, 0.2) is 54.9 Å². The van der Waals surface area contributed by atoms with Crippen LogP contribution in [0.25, 0.3) is 11.1 Å². The SMILES string of the molecule is FC(F)(F)C1CN(c2cc(Nc3cc(-c4cc[c-]cc4)cnn3)ccn2)CCO1.[F][Co+]. The Morgan fingerprint density at radius 3 is 2.65 bits per heavy atom. The van der Waals surface area contributed by atoms with Crippen LogP contribution in [-0.2, 0) is 20.9 Å². The van der Waals surface area contributed by atoms with Crippen LogP contribution in [0, 0.1) is 6.07 Å². The van der Waals surface area contributed by atoms with Gasteiger partial charge in [0, 0.05) is 24.5 Å². The Hall–Kier alpha value is -2.76. The van der Waals surface area contributed by atoms with Gasteiger partial charge in [-0.25, -0.2) is 4.98 Å². The Bertz CT molecular complexity index is 977. The van der Waals surface area contributed by atoms with Crippen molar-refractivity contribution in [1.82, 2.24) is 15.2 Å². The third-order valence-electron chi connectivity index (χ3n) is 4.48. The first-order chi connectivity index (χ1) is 15.0. The molecule has 0 bridgehead atoms. The first-order valence-electron chi connectivity index (χ1n) is 9.07. The molecule has 1 fully saturated rings. The molecule has 1 unspecified atom stereocenters. The number of rotatable bonds is 4. The van der Waals surface area contributed by atoms with E-state index in [9.17, 15) is 16.8 Å². The van der Waals surface area contributed by atoms with E-state index >= 15 is 0 Å². The van der Waals surface area contributed by atoms with E-state index in [4.69, 9.17) is 4.74 Å². The summed E-state index contributed by atoms with van der Waals surface area (Å²) in [5.41, 5.74) is 2.51. The average molecular weight is 478 g/mol. The normalized spacial score (nSPS) is 16.3. The third-order valence-corrected chi connectivity index (χ3v) is 4.48. The van der Waals surface area contributed by atoms with Gasteiger partial charge >= 0.3 is 25.9 Å². The van der Waals surface area contributed by atoms with Gasteiger partial charge in [-0.1, -0.05) is 0 Å². The zero-order valence-corrected chi connectivity index (χ0v) is 17.0. The molecule has 3 aromatic rings. The van der Waals surface area contributed by atoms with E-state index in [0.717, 1.165) is 11.1 Å². The number of nitrogens with one attached hydrogen (secondary N) is 1. The van der Waals surface area contributed by atoms with Crippen molar-refractivity contribution in [3.05, 3.63) is 60.9 Å². The van der Waals surface area contributed by atoms with Gasteiger partial charge in [0.05, 0.1) is 19.3 Å². The molecule has 4 rings (SSSR count). The van der Waals surface area contributed by atoms with Crippen LogP contribution < -0.4 is 10.2 Å². The first-order valence-corrected chi connectivity index (χ1v) is 9.46. The summed E-state index contributed by atoms with van der Waals surface area (Å²) in [5, 5.41) is 11.2.